The average molecular weight is 904 g/mol. The van der Waals surface area contributed by atoms with Gasteiger partial charge in [-0.2, -0.15) is 0 Å². The van der Waals surface area contributed by atoms with Gasteiger partial charge in [-0.15, -0.1) is 11.6 Å². The number of carboxylic acids is 1. The minimum Gasteiger partial charge on any atom is -0.488 e. The van der Waals surface area contributed by atoms with Crippen LogP contribution in [0.25, 0.3) is 10.8 Å². The lowest BCUT2D eigenvalue weighted by atomic mass is 9.95. The molecule has 0 spiro atoms. The van der Waals surface area contributed by atoms with E-state index in [1.807, 2.05) is 48.5 Å². The molecule has 65 heavy (non-hydrogen) atoms. The maximum atomic E-state index is 13.9. The largest absolute Gasteiger partial charge is 0.488 e. The topological polar surface area (TPSA) is 227 Å². The van der Waals surface area contributed by atoms with E-state index < -0.39 is 36.1 Å². The average Bonchev–Trinajstić information content (AvgIpc) is 4.04. The molecule has 1 aliphatic rings. The third kappa shape index (κ3) is 10.3. The fourth-order valence-corrected chi connectivity index (χ4v) is 8.00. The number of anilines is 5. The Morgan fingerprint density at radius 3 is 1.85 bits per heavy atom. The monoisotopic (exact) mass is 903 g/mol. The van der Waals surface area contributed by atoms with Crippen molar-refractivity contribution in [1.29, 1.82) is 0 Å². The predicted molar refractivity (Wildman–Crippen MR) is 245 cm³/mol. The molecule has 0 fully saturated rings. The van der Waals surface area contributed by atoms with Crippen molar-refractivity contribution in [1.82, 2.24) is 19.0 Å². The first-order valence-electron chi connectivity index (χ1n) is 20.4. The van der Waals surface area contributed by atoms with Crippen molar-refractivity contribution >= 4 is 92.2 Å². The van der Waals surface area contributed by atoms with E-state index in [1.165, 1.54) is 45.0 Å². The first-order chi connectivity index (χ1) is 31.1. The molecule has 1 atom stereocenters. The minimum atomic E-state index is -1.20. The lowest BCUT2D eigenvalue weighted by molar-refractivity contribution is -0.135. The van der Waals surface area contributed by atoms with E-state index in [0.717, 1.165) is 21.9 Å². The number of carbonyl (C=O) groups excluding carboxylic acids is 6. The van der Waals surface area contributed by atoms with Crippen molar-refractivity contribution in [3.63, 3.8) is 0 Å². The van der Waals surface area contributed by atoms with Crippen LogP contribution in [0.1, 0.15) is 68.3 Å². The first kappa shape index (κ1) is 45.2. The number of carbonyl (C=O) groups is 7. The van der Waals surface area contributed by atoms with Gasteiger partial charge in [-0.05, 0) is 46.8 Å². The maximum absolute atomic E-state index is 13.9. The Morgan fingerprint density at radius 2 is 1.28 bits per heavy atom. The van der Waals surface area contributed by atoms with E-state index in [4.69, 9.17) is 21.4 Å². The van der Waals surface area contributed by atoms with E-state index in [-0.39, 0.29) is 60.1 Å². The summed E-state index contributed by atoms with van der Waals surface area (Å²) in [7, 11) is 4.82. The molecule has 336 valence electrons. The molecule has 0 bridgehead atoms. The molecule has 1 unspecified atom stereocenters. The highest BCUT2D eigenvalue weighted by Gasteiger charge is 2.35. The van der Waals surface area contributed by atoms with Crippen LogP contribution in [0.3, 0.4) is 0 Å². The number of carboxylic acid groups (broad SMARTS) is 1. The Labute approximate surface area is 377 Å². The minimum absolute atomic E-state index is 0.113. The van der Waals surface area contributed by atoms with Gasteiger partial charge in [0.15, 0.2) is 0 Å². The van der Waals surface area contributed by atoms with Gasteiger partial charge < -0.3 is 55.0 Å². The molecular formula is C46H46ClN9O9. The second-order valence-corrected chi connectivity index (χ2v) is 15.9. The number of fused-ring (bicyclic) bond motifs is 3. The van der Waals surface area contributed by atoms with E-state index in [9.17, 15) is 33.6 Å². The number of aryl methyl sites for hydroxylation is 3. The third-order valence-electron chi connectivity index (χ3n) is 10.7. The molecule has 1 aliphatic heterocycles. The van der Waals surface area contributed by atoms with Crippen molar-refractivity contribution in [2.24, 2.45) is 21.1 Å². The summed E-state index contributed by atoms with van der Waals surface area (Å²) in [6.45, 7) is 1.45. The lowest BCUT2D eigenvalue weighted by Gasteiger charge is -2.20. The highest BCUT2D eigenvalue weighted by atomic mass is 35.5. The molecule has 0 radical (unpaired) electrons. The normalized spacial score (nSPS) is 12.9. The van der Waals surface area contributed by atoms with E-state index in [2.05, 4.69) is 26.6 Å². The van der Waals surface area contributed by atoms with Gasteiger partial charge in [-0.3, -0.25) is 33.6 Å². The van der Waals surface area contributed by atoms with Crippen molar-refractivity contribution in [3.05, 3.63) is 120 Å². The first-order valence-corrected chi connectivity index (χ1v) is 20.9. The second-order valence-electron chi connectivity index (χ2n) is 15.6. The van der Waals surface area contributed by atoms with Crippen LogP contribution < -0.4 is 36.2 Å². The summed E-state index contributed by atoms with van der Waals surface area (Å²) < 4.78 is 10.8. The van der Waals surface area contributed by atoms with Crippen LogP contribution in [0, 0.1) is 0 Å². The Balaban J connectivity index is 0.982. The molecule has 0 saturated carbocycles. The maximum Gasteiger partial charge on any atom is 0.322 e. The van der Waals surface area contributed by atoms with Crippen molar-refractivity contribution in [2.75, 3.05) is 45.1 Å². The summed E-state index contributed by atoms with van der Waals surface area (Å²) in [6, 6.07) is 21.4. The molecule has 6 amide bonds. The quantitative estimate of drug-likeness (QED) is 0.0645. The number of aliphatic carboxylic acids is 1. The number of amides is 6. The molecule has 7 rings (SSSR count). The summed E-state index contributed by atoms with van der Waals surface area (Å²) in [5, 5.41) is 23.8. The Hall–Kier alpha value is -7.86. The molecule has 19 heteroatoms. The van der Waals surface area contributed by atoms with Gasteiger partial charge in [0.1, 0.15) is 36.0 Å². The van der Waals surface area contributed by atoms with E-state index >= 15 is 0 Å². The third-order valence-corrected chi connectivity index (χ3v) is 11.1. The molecule has 3 aromatic heterocycles. The fraction of sp³-hybridized carbons (Fsp3) is 0.239. The molecule has 3 aromatic carbocycles. The van der Waals surface area contributed by atoms with Gasteiger partial charge in [0.2, 0.25) is 17.7 Å². The molecule has 0 aliphatic carbocycles. The number of nitrogens with one attached hydrogen (secondary N) is 5. The number of nitrogens with zero attached hydrogens (tertiary/aromatic N) is 4. The van der Waals surface area contributed by atoms with Crippen molar-refractivity contribution in [3.8, 4) is 5.75 Å². The summed E-state index contributed by atoms with van der Waals surface area (Å²) in [6.07, 6.45) is 4.35. The van der Waals surface area contributed by atoms with Crippen LogP contribution in [-0.4, -0.2) is 79.2 Å². The number of ether oxygens (including phenoxy) is 1. The molecular weight excluding hydrogens is 858 g/mol. The highest BCUT2D eigenvalue weighted by Crippen LogP contribution is 2.46. The van der Waals surface area contributed by atoms with Crippen LogP contribution in [0.5, 0.6) is 5.75 Å². The molecule has 6 N–H and O–H groups in total. The van der Waals surface area contributed by atoms with Gasteiger partial charge in [0.25, 0.3) is 17.7 Å². The number of rotatable bonds is 16. The van der Waals surface area contributed by atoms with Crippen molar-refractivity contribution < 1.29 is 43.4 Å². The highest BCUT2D eigenvalue weighted by molar-refractivity contribution is 6.19. The smallest absolute Gasteiger partial charge is 0.322 e. The van der Waals surface area contributed by atoms with Crippen LogP contribution >= 0.6 is 11.6 Å². The summed E-state index contributed by atoms with van der Waals surface area (Å²) in [5.74, 6) is -3.25. The van der Waals surface area contributed by atoms with Gasteiger partial charge >= 0.3 is 5.97 Å². The number of halogens is 1. The van der Waals surface area contributed by atoms with Gasteiger partial charge in [-0.1, -0.05) is 36.4 Å². The number of benzene rings is 3. The number of hydrogen-bond donors (Lipinski definition) is 6. The molecule has 0 saturated heterocycles. The van der Waals surface area contributed by atoms with E-state index in [1.54, 1.807) is 44.5 Å². The number of aromatic nitrogens is 3. The molecule has 6 aromatic rings. The molecule has 4 heterocycles. The number of hydrogen-bond acceptors (Lipinski definition) is 8. The standard InChI is InChI=1S/C46H46ClN9O9/c1-26(57)49-29-10-11-33-34(14-29)39(65-25-27-8-6-5-7-9-27)18-35-43(33)28(19-47)21-56(35)41(59)13-12-40(58)50-30-15-37(54(3)22-30)45(63)52-32-17-38(55(4)24-32)46(64)51-31-16-36(53(2)23-31)44(62)48-20-42(60)61/h5-11,14-18,22-24,28H,12-13,19-21,25H2,1-4H3,(H,48,62)(H,49,57)(H,50,58)(H,51,64)(H,52,63)(H,60,61). The Bertz CT molecular complexity index is 2860. The Kier molecular flexibility index (Phi) is 13.4. The van der Waals surface area contributed by atoms with Crippen LogP contribution in [0.2, 0.25) is 0 Å². The molecule has 18 nitrogen and oxygen atoms in total. The van der Waals surface area contributed by atoms with Crippen LogP contribution in [0.4, 0.5) is 28.4 Å². The zero-order valence-electron chi connectivity index (χ0n) is 35.9. The van der Waals surface area contributed by atoms with Crippen LogP contribution in [0.15, 0.2) is 91.4 Å². The lowest BCUT2D eigenvalue weighted by Crippen LogP contribution is -2.30. The van der Waals surface area contributed by atoms with Crippen molar-refractivity contribution in [2.45, 2.75) is 32.3 Å². The van der Waals surface area contributed by atoms with Gasteiger partial charge in [0, 0.05) is 95.0 Å². The SMILES string of the molecule is CC(=O)Nc1ccc2c3c(cc(OCc4ccccc4)c2c1)N(C(=O)CCC(=O)Nc1cc(C(=O)Nc2cc(C(=O)Nc4cc(C(=O)NCC(=O)O)n(C)c4)n(C)c2)n(C)c1)CC3CCl. The van der Waals surface area contributed by atoms with Gasteiger partial charge in [0.05, 0.1) is 22.7 Å². The number of alkyl halides is 1. The zero-order valence-corrected chi connectivity index (χ0v) is 36.6. The van der Waals surface area contributed by atoms with E-state index in [0.29, 0.717) is 40.7 Å². The summed E-state index contributed by atoms with van der Waals surface area (Å²) in [4.78, 5) is 90.4. The second kappa shape index (κ2) is 19.3. The summed E-state index contributed by atoms with van der Waals surface area (Å²) in [5.41, 5.74) is 4.53. The fourth-order valence-electron chi connectivity index (χ4n) is 7.75. The Morgan fingerprint density at radius 1 is 0.692 bits per heavy atom. The van der Waals surface area contributed by atoms with Crippen LogP contribution in [-0.2, 0) is 46.9 Å². The predicted octanol–water partition coefficient (Wildman–Crippen LogP) is 5.80. The van der Waals surface area contributed by atoms with Gasteiger partial charge in [-0.25, -0.2) is 0 Å². The zero-order chi connectivity index (χ0) is 46.5. The summed E-state index contributed by atoms with van der Waals surface area (Å²) >= 11 is 6.50.